The summed E-state index contributed by atoms with van der Waals surface area (Å²) in [6.07, 6.45) is 6.69. The molecule has 0 amide bonds. The summed E-state index contributed by atoms with van der Waals surface area (Å²) in [5, 5.41) is 14.2. The van der Waals surface area contributed by atoms with E-state index in [1.54, 1.807) is 18.4 Å². The van der Waals surface area contributed by atoms with Crippen LogP contribution < -0.4 is 0 Å². The van der Waals surface area contributed by atoms with E-state index in [1.165, 1.54) is 42.4 Å². The molecule has 0 radical (unpaired) electrons. The van der Waals surface area contributed by atoms with Crippen molar-refractivity contribution in [2.45, 2.75) is 38.5 Å². The van der Waals surface area contributed by atoms with Crippen molar-refractivity contribution < 1.29 is 4.74 Å². The lowest BCUT2D eigenvalue weighted by Crippen LogP contribution is -2.04. The minimum Gasteiger partial charge on any atom is -0.384 e. The van der Waals surface area contributed by atoms with E-state index in [2.05, 4.69) is 33.5 Å². The summed E-state index contributed by atoms with van der Waals surface area (Å²) in [5.74, 6) is 0.870. The summed E-state index contributed by atoms with van der Waals surface area (Å²) < 4.78 is 6.97. The second-order valence-corrected chi connectivity index (χ2v) is 7.08. The number of benzene rings is 1. The van der Waals surface area contributed by atoms with E-state index in [9.17, 15) is 0 Å². The highest BCUT2D eigenvalue weighted by molar-refractivity contribution is 7.16. The van der Waals surface area contributed by atoms with Crippen LogP contribution in [0.5, 0.6) is 0 Å². The van der Waals surface area contributed by atoms with E-state index in [0.717, 1.165) is 28.6 Å². The molecule has 4 rings (SSSR count). The summed E-state index contributed by atoms with van der Waals surface area (Å²) in [4.78, 5) is 0.865. The van der Waals surface area contributed by atoms with Gasteiger partial charge in [-0.3, -0.25) is 0 Å². The van der Waals surface area contributed by atoms with Gasteiger partial charge in [-0.1, -0.05) is 29.5 Å². The van der Waals surface area contributed by atoms with Gasteiger partial charge >= 0.3 is 0 Å². The number of ether oxygens (including phenoxy) is 1. The third kappa shape index (κ3) is 3.01. The molecule has 0 unspecified atom stereocenters. The molecule has 6 heteroatoms. The number of hydrogen-bond donors (Lipinski definition) is 0. The number of aryl methyl sites for hydroxylation is 2. The van der Waals surface area contributed by atoms with Crippen LogP contribution in [0.3, 0.4) is 0 Å². The van der Waals surface area contributed by atoms with Crippen LogP contribution in [0.2, 0.25) is 0 Å². The Bertz CT molecular complexity index is 823. The highest BCUT2D eigenvalue weighted by Crippen LogP contribution is 2.24. The Kier molecular flexibility index (Phi) is 4.10. The second kappa shape index (κ2) is 6.37. The highest BCUT2D eigenvalue weighted by Gasteiger charge is 2.13. The average Bonchev–Trinajstić information content (AvgIpc) is 3.13. The lowest BCUT2D eigenvalue weighted by atomic mass is 9.90. The Balaban J connectivity index is 1.56. The highest BCUT2D eigenvalue weighted by atomic mass is 32.1. The summed E-state index contributed by atoms with van der Waals surface area (Å²) >= 11 is 1.62. The van der Waals surface area contributed by atoms with Crippen molar-refractivity contribution in [2.75, 3.05) is 13.7 Å². The van der Waals surface area contributed by atoms with Gasteiger partial charge in [0.05, 0.1) is 6.61 Å². The van der Waals surface area contributed by atoms with Gasteiger partial charge < -0.3 is 4.74 Å². The van der Waals surface area contributed by atoms with Gasteiger partial charge in [-0.15, -0.1) is 10.2 Å². The monoisotopic (exact) mass is 328 g/mol. The van der Waals surface area contributed by atoms with Crippen molar-refractivity contribution >= 4 is 16.3 Å². The molecule has 120 valence electrons. The maximum Gasteiger partial charge on any atom is 0.234 e. The van der Waals surface area contributed by atoms with Crippen molar-refractivity contribution in [3.63, 3.8) is 0 Å². The molecule has 1 aliphatic carbocycles. The largest absolute Gasteiger partial charge is 0.384 e. The molecule has 2 aromatic heterocycles. The zero-order chi connectivity index (χ0) is 15.6. The number of aromatic nitrogens is 4. The number of fused-ring (bicyclic) bond motifs is 2. The van der Waals surface area contributed by atoms with Gasteiger partial charge in [-0.25, -0.2) is 0 Å². The van der Waals surface area contributed by atoms with Crippen molar-refractivity contribution in [1.82, 2.24) is 19.8 Å². The minimum absolute atomic E-state index is 0.637. The fraction of sp³-hybridized carbons (Fsp3) is 0.471. The van der Waals surface area contributed by atoms with E-state index in [1.807, 2.05) is 4.52 Å². The lowest BCUT2D eigenvalue weighted by molar-refractivity contribution is 0.200. The topological polar surface area (TPSA) is 52.3 Å². The maximum absolute atomic E-state index is 5.11. The van der Waals surface area contributed by atoms with E-state index < -0.39 is 0 Å². The molecule has 0 aliphatic heterocycles. The fourth-order valence-electron chi connectivity index (χ4n) is 3.19. The molecule has 0 saturated heterocycles. The summed E-state index contributed by atoms with van der Waals surface area (Å²) in [6, 6.07) is 6.91. The quantitative estimate of drug-likeness (QED) is 0.723. The van der Waals surface area contributed by atoms with E-state index in [-0.39, 0.29) is 0 Å². The maximum atomic E-state index is 5.11. The predicted octanol–water partition coefficient (Wildman–Crippen LogP) is 2.84. The standard InChI is InChI=1S/C17H20N4OS/c1-22-9-8-15-18-19-17-21(15)20-16(23-17)11-12-6-7-13-4-2-3-5-14(13)10-12/h6-7,10H,2-5,8-9,11H2,1H3. The first-order valence-electron chi connectivity index (χ1n) is 8.13. The second-order valence-electron chi connectivity index (χ2n) is 6.04. The summed E-state index contributed by atoms with van der Waals surface area (Å²) in [6.45, 7) is 0.637. The van der Waals surface area contributed by atoms with E-state index in [0.29, 0.717) is 6.61 Å². The van der Waals surface area contributed by atoms with Crippen molar-refractivity contribution in [1.29, 1.82) is 0 Å². The predicted molar refractivity (Wildman–Crippen MR) is 90.1 cm³/mol. The van der Waals surface area contributed by atoms with Gasteiger partial charge in [-0.05, 0) is 42.4 Å². The molecule has 0 atom stereocenters. The van der Waals surface area contributed by atoms with Crippen LogP contribution in [0, 0.1) is 0 Å². The van der Waals surface area contributed by atoms with Gasteiger partial charge in [0.2, 0.25) is 4.96 Å². The molecule has 3 aromatic rings. The minimum atomic E-state index is 0.637. The van der Waals surface area contributed by atoms with Crippen LogP contribution in [0.4, 0.5) is 0 Å². The molecule has 0 spiro atoms. The molecule has 0 bridgehead atoms. The molecule has 0 saturated carbocycles. The fourth-order valence-corrected chi connectivity index (χ4v) is 4.08. The van der Waals surface area contributed by atoms with Crippen molar-refractivity contribution in [3.8, 4) is 0 Å². The lowest BCUT2D eigenvalue weighted by Gasteiger charge is -2.16. The normalized spacial score (nSPS) is 14.3. The van der Waals surface area contributed by atoms with Crippen LogP contribution in [0.25, 0.3) is 4.96 Å². The molecule has 0 fully saturated rings. The Morgan fingerprint density at radius 3 is 2.91 bits per heavy atom. The Morgan fingerprint density at radius 1 is 1.17 bits per heavy atom. The molecule has 23 heavy (non-hydrogen) atoms. The molecule has 0 N–H and O–H groups in total. The summed E-state index contributed by atoms with van der Waals surface area (Å²) in [7, 11) is 1.70. The zero-order valence-corrected chi connectivity index (χ0v) is 14.1. The molecule has 1 aliphatic rings. The molecular formula is C17H20N4OS. The molecule has 5 nitrogen and oxygen atoms in total. The van der Waals surface area contributed by atoms with Gasteiger partial charge in [0.1, 0.15) is 5.01 Å². The molecule has 1 aromatic carbocycles. The smallest absolute Gasteiger partial charge is 0.234 e. The number of hydrogen-bond acceptors (Lipinski definition) is 5. The van der Waals surface area contributed by atoms with Crippen LogP contribution in [0.15, 0.2) is 18.2 Å². The number of nitrogens with zero attached hydrogens (tertiary/aromatic N) is 4. The van der Waals surface area contributed by atoms with Crippen molar-refractivity contribution in [2.24, 2.45) is 0 Å². The van der Waals surface area contributed by atoms with Crippen LogP contribution in [0.1, 0.15) is 40.4 Å². The number of methoxy groups -OCH3 is 1. The average molecular weight is 328 g/mol. The number of rotatable bonds is 5. The third-order valence-corrected chi connectivity index (χ3v) is 5.29. The van der Waals surface area contributed by atoms with Crippen molar-refractivity contribution in [3.05, 3.63) is 45.7 Å². The van der Waals surface area contributed by atoms with Gasteiger partial charge in [-0.2, -0.15) is 9.61 Å². The first-order chi connectivity index (χ1) is 11.3. The molecule has 2 heterocycles. The van der Waals surface area contributed by atoms with E-state index in [4.69, 9.17) is 4.74 Å². The third-order valence-electron chi connectivity index (χ3n) is 4.40. The first kappa shape index (κ1) is 14.8. The van der Waals surface area contributed by atoms with Crippen LogP contribution >= 0.6 is 11.3 Å². The SMILES string of the molecule is COCCc1nnc2sc(Cc3ccc4c(c3)CCCC4)nn12. The van der Waals surface area contributed by atoms with Gasteiger partial charge in [0.25, 0.3) is 0 Å². The van der Waals surface area contributed by atoms with E-state index >= 15 is 0 Å². The Labute approximate surface area is 139 Å². The summed E-state index contributed by atoms with van der Waals surface area (Å²) in [5.41, 5.74) is 4.39. The van der Waals surface area contributed by atoms with Crippen LogP contribution in [-0.4, -0.2) is 33.5 Å². The first-order valence-corrected chi connectivity index (χ1v) is 8.95. The van der Waals surface area contributed by atoms with Gasteiger partial charge in [0, 0.05) is 20.0 Å². The zero-order valence-electron chi connectivity index (χ0n) is 13.3. The molecular weight excluding hydrogens is 308 g/mol. The van der Waals surface area contributed by atoms with Gasteiger partial charge in [0.15, 0.2) is 5.82 Å². The Morgan fingerprint density at radius 2 is 2.04 bits per heavy atom. The van der Waals surface area contributed by atoms with Crippen LogP contribution in [-0.2, 0) is 30.4 Å². The Hall–Kier alpha value is -1.79.